The summed E-state index contributed by atoms with van der Waals surface area (Å²) in [6, 6.07) is 9.89. The van der Waals surface area contributed by atoms with Gasteiger partial charge in [-0.2, -0.15) is 0 Å². The summed E-state index contributed by atoms with van der Waals surface area (Å²) in [4.78, 5) is 12.0. The Morgan fingerprint density at radius 3 is 2.36 bits per heavy atom. The molecule has 4 bridgehead atoms. The molecule has 4 saturated carbocycles. The standard InChI is InChI=1S/C22H29NO2/c1-16(15-23-21(24)8-7-17-5-3-2-4-6-17)25-22-12-18-9-19(13-22)11-20(10-18)14-22/h2-8,16,18-20H,9-15H2,1H3,(H,23,24)/b8-7+/t16-,18?,19?,20?,22?/m0/s1. The molecule has 0 aliphatic heterocycles. The van der Waals surface area contributed by atoms with E-state index in [1.165, 1.54) is 38.5 Å². The molecule has 0 aromatic heterocycles. The molecule has 4 aliphatic carbocycles. The molecule has 25 heavy (non-hydrogen) atoms. The van der Waals surface area contributed by atoms with Crippen molar-refractivity contribution in [3.63, 3.8) is 0 Å². The van der Waals surface area contributed by atoms with E-state index >= 15 is 0 Å². The highest BCUT2D eigenvalue weighted by atomic mass is 16.5. The quantitative estimate of drug-likeness (QED) is 0.789. The maximum absolute atomic E-state index is 12.0. The van der Waals surface area contributed by atoms with Crippen molar-refractivity contribution in [3.05, 3.63) is 42.0 Å². The molecule has 4 aliphatic rings. The van der Waals surface area contributed by atoms with Gasteiger partial charge in [0.05, 0.1) is 11.7 Å². The molecule has 0 radical (unpaired) electrons. The van der Waals surface area contributed by atoms with Gasteiger partial charge in [-0.15, -0.1) is 0 Å². The topological polar surface area (TPSA) is 38.3 Å². The van der Waals surface area contributed by atoms with E-state index in [-0.39, 0.29) is 17.6 Å². The summed E-state index contributed by atoms with van der Waals surface area (Å²) in [6.45, 7) is 2.68. The van der Waals surface area contributed by atoms with Crippen molar-refractivity contribution in [1.29, 1.82) is 0 Å². The van der Waals surface area contributed by atoms with Crippen LogP contribution >= 0.6 is 0 Å². The minimum absolute atomic E-state index is 0.0511. The average Bonchev–Trinajstić information content (AvgIpc) is 2.57. The molecule has 0 unspecified atom stereocenters. The molecule has 0 saturated heterocycles. The van der Waals surface area contributed by atoms with Gasteiger partial charge in [0.15, 0.2) is 0 Å². The van der Waals surface area contributed by atoms with Crippen LogP contribution < -0.4 is 5.32 Å². The number of carbonyl (C=O) groups excluding carboxylic acids is 1. The van der Waals surface area contributed by atoms with Gasteiger partial charge in [0.2, 0.25) is 5.91 Å². The maximum Gasteiger partial charge on any atom is 0.244 e. The second-order valence-corrected chi connectivity index (χ2v) is 8.52. The highest BCUT2D eigenvalue weighted by Gasteiger charge is 2.52. The van der Waals surface area contributed by atoms with Gasteiger partial charge in [0.25, 0.3) is 0 Å². The summed E-state index contributed by atoms with van der Waals surface area (Å²) in [5.41, 5.74) is 1.15. The number of hydrogen-bond acceptors (Lipinski definition) is 2. The van der Waals surface area contributed by atoms with Gasteiger partial charge in [0, 0.05) is 12.6 Å². The van der Waals surface area contributed by atoms with Gasteiger partial charge in [-0.3, -0.25) is 4.79 Å². The lowest BCUT2D eigenvalue weighted by atomic mass is 9.54. The lowest BCUT2D eigenvalue weighted by molar-refractivity contribution is -0.183. The Morgan fingerprint density at radius 1 is 1.16 bits per heavy atom. The summed E-state index contributed by atoms with van der Waals surface area (Å²) in [7, 11) is 0. The second-order valence-electron chi connectivity index (χ2n) is 8.52. The first-order valence-electron chi connectivity index (χ1n) is 9.79. The molecule has 0 heterocycles. The summed E-state index contributed by atoms with van der Waals surface area (Å²) >= 11 is 0. The van der Waals surface area contributed by atoms with Crippen LogP contribution in [-0.4, -0.2) is 24.2 Å². The van der Waals surface area contributed by atoms with E-state index in [2.05, 4.69) is 12.2 Å². The first-order chi connectivity index (χ1) is 12.1. The minimum Gasteiger partial charge on any atom is -0.370 e. The molecule has 1 aromatic carbocycles. The predicted molar refractivity (Wildman–Crippen MR) is 99.9 cm³/mol. The highest BCUT2D eigenvalue weighted by Crippen LogP contribution is 2.57. The first kappa shape index (κ1) is 16.8. The Kier molecular flexibility index (Phi) is 4.68. The zero-order valence-electron chi connectivity index (χ0n) is 15.1. The molecule has 1 N–H and O–H groups in total. The van der Waals surface area contributed by atoms with E-state index in [0.29, 0.717) is 6.54 Å². The highest BCUT2D eigenvalue weighted by molar-refractivity contribution is 5.91. The third kappa shape index (κ3) is 3.98. The van der Waals surface area contributed by atoms with Crippen molar-refractivity contribution < 1.29 is 9.53 Å². The SMILES string of the molecule is C[C@@H](CNC(=O)/C=C/c1ccccc1)OC12CC3CC(CC(C3)C1)C2. The van der Waals surface area contributed by atoms with Crippen LogP contribution in [-0.2, 0) is 9.53 Å². The van der Waals surface area contributed by atoms with Crippen molar-refractivity contribution in [2.24, 2.45) is 17.8 Å². The fourth-order valence-electron chi connectivity index (χ4n) is 5.68. The number of rotatable bonds is 6. The van der Waals surface area contributed by atoms with Crippen LogP contribution in [0.1, 0.15) is 51.0 Å². The van der Waals surface area contributed by atoms with Crippen LogP contribution in [0.4, 0.5) is 0 Å². The third-order valence-electron chi connectivity index (χ3n) is 6.22. The Labute approximate surface area is 150 Å². The monoisotopic (exact) mass is 339 g/mol. The van der Waals surface area contributed by atoms with Gasteiger partial charge < -0.3 is 10.1 Å². The Hall–Kier alpha value is -1.61. The Bertz CT molecular complexity index is 601. The molecule has 0 spiro atoms. The molecule has 3 nitrogen and oxygen atoms in total. The van der Waals surface area contributed by atoms with Crippen molar-refractivity contribution >= 4 is 12.0 Å². The molecule has 5 rings (SSSR count). The number of amides is 1. The molecular weight excluding hydrogens is 310 g/mol. The van der Waals surface area contributed by atoms with Crippen LogP contribution in [0.25, 0.3) is 6.08 Å². The fraction of sp³-hybridized carbons (Fsp3) is 0.591. The van der Waals surface area contributed by atoms with Crippen molar-refractivity contribution in [2.75, 3.05) is 6.54 Å². The van der Waals surface area contributed by atoms with Gasteiger partial charge in [0.1, 0.15) is 0 Å². The van der Waals surface area contributed by atoms with Crippen LogP contribution in [0.5, 0.6) is 0 Å². The number of carbonyl (C=O) groups is 1. The van der Waals surface area contributed by atoms with E-state index in [4.69, 9.17) is 4.74 Å². The predicted octanol–water partition coefficient (Wildman–Crippen LogP) is 4.19. The summed E-state index contributed by atoms with van der Waals surface area (Å²) in [5, 5.41) is 2.98. The van der Waals surface area contributed by atoms with E-state index in [0.717, 1.165) is 23.3 Å². The molecule has 1 amide bonds. The van der Waals surface area contributed by atoms with E-state index in [1.807, 2.05) is 36.4 Å². The number of ether oxygens (including phenoxy) is 1. The van der Waals surface area contributed by atoms with Gasteiger partial charge in [-0.05, 0) is 74.8 Å². The molecule has 3 heteroatoms. The molecule has 1 aromatic rings. The van der Waals surface area contributed by atoms with Crippen LogP contribution in [0, 0.1) is 17.8 Å². The first-order valence-corrected chi connectivity index (χ1v) is 9.79. The zero-order valence-corrected chi connectivity index (χ0v) is 15.1. The van der Waals surface area contributed by atoms with Gasteiger partial charge in [-0.25, -0.2) is 0 Å². The van der Waals surface area contributed by atoms with Crippen LogP contribution in [0.3, 0.4) is 0 Å². The van der Waals surface area contributed by atoms with Gasteiger partial charge in [-0.1, -0.05) is 30.3 Å². The minimum atomic E-state index is -0.0511. The van der Waals surface area contributed by atoms with Crippen molar-refractivity contribution in [1.82, 2.24) is 5.32 Å². The van der Waals surface area contributed by atoms with E-state index in [9.17, 15) is 4.79 Å². The number of nitrogens with one attached hydrogen (secondary N) is 1. The van der Waals surface area contributed by atoms with Crippen molar-refractivity contribution in [2.45, 2.75) is 57.2 Å². The average molecular weight is 339 g/mol. The normalized spacial score (nSPS) is 34.4. The van der Waals surface area contributed by atoms with E-state index < -0.39 is 0 Å². The summed E-state index contributed by atoms with van der Waals surface area (Å²) < 4.78 is 6.52. The Balaban J connectivity index is 1.26. The third-order valence-corrected chi connectivity index (χ3v) is 6.22. The zero-order chi connectivity index (χ0) is 17.3. The molecule has 134 valence electrons. The number of hydrogen-bond donors (Lipinski definition) is 1. The van der Waals surface area contributed by atoms with Crippen LogP contribution in [0.15, 0.2) is 36.4 Å². The molecular formula is C22H29NO2. The smallest absolute Gasteiger partial charge is 0.244 e. The van der Waals surface area contributed by atoms with Gasteiger partial charge >= 0.3 is 0 Å². The number of benzene rings is 1. The van der Waals surface area contributed by atoms with E-state index in [1.54, 1.807) is 6.08 Å². The lowest BCUT2D eigenvalue weighted by Gasteiger charge is -2.57. The second kappa shape index (κ2) is 6.95. The fourth-order valence-corrected chi connectivity index (χ4v) is 5.68. The maximum atomic E-state index is 12.0. The molecule has 4 fully saturated rings. The van der Waals surface area contributed by atoms with Crippen LogP contribution in [0.2, 0.25) is 0 Å². The summed E-state index contributed by atoms with van der Waals surface area (Å²) in [6.07, 6.45) is 11.5. The molecule has 1 atom stereocenters. The Morgan fingerprint density at radius 2 is 1.76 bits per heavy atom. The lowest BCUT2D eigenvalue weighted by Crippen LogP contribution is -2.53. The van der Waals surface area contributed by atoms with Crippen molar-refractivity contribution in [3.8, 4) is 0 Å². The largest absolute Gasteiger partial charge is 0.370 e. The summed E-state index contributed by atoms with van der Waals surface area (Å²) in [5.74, 6) is 2.62.